The van der Waals surface area contributed by atoms with Crippen molar-refractivity contribution in [1.82, 2.24) is 24.7 Å². The third kappa shape index (κ3) is 4.68. The van der Waals surface area contributed by atoms with E-state index in [-0.39, 0.29) is 23.3 Å². The van der Waals surface area contributed by atoms with Crippen LogP contribution in [0.15, 0.2) is 30.6 Å². The fraction of sp³-hybridized carbons (Fsp3) is 0.440. The van der Waals surface area contributed by atoms with Crippen LogP contribution in [0.2, 0.25) is 0 Å². The monoisotopic (exact) mass is 532 g/mol. The van der Waals surface area contributed by atoms with Gasteiger partial charge in [-0.15, -0.1) is 0 Å². The van der Waals surface area contributed by atoms with Gasteiger partial charge >= 0.3 is 6.18 Å². The third-order valence-corrected chi connectivity index (χ3v) is 7.98. The van der Waals surface area contributed by atoms with E-state index in [9.17, 15) is 13.2 Å². The van der Waals surface area contributed by atoms with Crippen LogP contribution in [-0.2, 0) is 10.9 Å². The molecule has 1 saturated carbocycles. The Morgan fingerprint density at radius 1 is 1.11 bits per heavy atom. The van der Waals surface area contributed by atoms with Crippen LogP contribution in [0.25, 0.3) is 21.6 Å². The summed E-state index contributed by atoms with van der Waals surface area (Å²) in [6.45, 7) is 0.495. The Balaban J connectivity index is 1.39. The number of benzene rings is 1. The van der Waals surface area contributed by atoms with Crippen molar-refractivity contribution < 1.29 is 22.3 Å². The van der Waals surface area contributed by atoms with Gasteiger partial charge in [0.1, 0.15) is 16.3 Å². The van der Waals surface area contributed by atoms with E-state index >= 15 is 4.39 Å². The molecular weight excluding hydrogens is 508 g/mol. The maximum Gasteiger partial charge on any atom is 0.416 e. The van der Waals surface area contributed by atoms with E-state index in [2.05, 4.69) is 10.1 Å². The SMILES string of the molecule is CN(C)c1nc2nc([C@H]3CCO[C@H](c4cnn(C5CC5)c4)C3)nc(-c3ccc(C(F)(F)F)cc3F)c2s1. The van der Waals surface area contributed by atoms with Crippen molar-refractivity contribution in [3.8, 4) is 11.3 Å². The van der Waals surface area contributed by atoms with E-state index < -0.39 is 17.6 Å². The molecule has 1 aliphatic carbocycles. The fourth-order valence-electron chi connectivity index (χ4n) is 4.59. The lowest BCUT2D eigenvalue weighted by Gasteiger charge is -2.28. The number of fused-ring (bicyclic) bond motifs is 1. The molecule has 0 unspecified atom stereocenters. The molecule has 1 aliphatic heterocycles. The van der Waals surface area contributed by atoms with Crippen LogP contribution in [0.5, 0.6) is 0 Å². The number of ether oxygens (including phenoxy) is 1. The molecule has 6 rings (SSSR count). The number of hydrogen-bond donors (Lipinski definition) is 0. The standard InChI is InChI=1S/C25H24F4N6OS/c1-34(2)24-33-23-21(37-24)20(17-6-3-15(10-18(17)26)25(27,28)29)31-22(32-23)13-7-8-36-19(9-13)14-11-30-35(12-14)16-4-5-16/h3,6,10-13,16,19H,4-5,7-9H2,1-2H3/t13-,19-/m0/s1. The minimum absolute atomic E-state index is 0.00933. The Bertz CT molecular complexity index is 1460. The summed E-state index contributed by atoms with van der Waals surface area (Å²) < 4.78 is 63.1. The van der Waals surface area contributed by atoms with Gasteiger partial charge in [0.15, 0.2) is 10.8 Å². The van der Waals surface area contributed by atoms with Crippen LogP contribution in [0.4, 0.5) is 22.7 Å². The molecule has 7 nitrogen and oxygen atoms in total. The molecule has 194 valence electrons. The first kappa shape index (κ1) is 24.2. The number of alkyl halides is 3. The summed E-state index contributed by atoms with van der Waals surface area (Å²) in [5.74, 6) is -0.591. The molecule has 4 aromatic rings. The van der Waals surface area contributed by atoms with E-state index in [1.54, 1.807) is 4.90 Å². The van der Waals surface area contributed by atoms with E-state index in [4.69, 9.17) is 14.7 Å². The Kier molecular flexibility index (Phi) is 5.90. The lowest BCUT2D eigenvalue weighted by Crippen LogP contribution is -2.20. The van der Waals surface area contributed by atoms with E-state index in [0.29, 0.717) is 52.9 Å². The summed E-state index contributed by atoms with van der Waals surface area (Å²) in [7, 11) is 3.66. The largest absolute Gasteiger partial charge is 0.416 e. The maximum atomic E-state index is 15.1. The van der Waals surface area contributed by atoms with Crippen molar-refractivity contribution in [1.29, 1.82) is 0 Å². The second-order valence-electron chi connectivity index (χ2n) is 9.73. The van der Waals surface area contributed by atoms with E-state index in [1.807, 2.05) is 31.2 Å². The molecule has 0 bridgehead atoms. The zero-order chi connectivity index (χ0) is 25.9. The third-order valence-electron chi connectivity index (χ3n) is 6.76. The Morgan fingerprint density at radius 2 is 1.92 bits per heavy atom. The van der Waals surface area contributed by atoms with Gasteiger partial charge in [0.25, 0.3) is 0 Å². The Hall–Kier alpha value is -3.12. The van der Waals surface area contributed by atoms with Crippen molar-refractivity contribution in [2.45, 2.75) is 49.9 Å². The van der Waals surface area contributed by atoms with Gasteiger partial charge in [0.2, 0.25) is 0 Å². The van der Waals surface area contributed by atoms with Gasteiger partial charge in [0, 0.05) is 43.9 Å². The molecule has 1 aromatic carbocycles. The highest BCUT2D eigenvalue weighted by Crippen LogP contribution is 2.42. The molecule has 2 atom stereocenters. The summed E-state index contributed by atoms with van der Waals surface area (Å²) in [4.78, 5) is 15.9. The number of anilines is 1. The first-order valence-corrected chi connectivity index (χ1v) is 12.9. The van der Waals surface area contributed by atoms with E-state index in [0.717, 1.165) is 30.5 Å². The predicted molar refractivity (Wildman–Crippen MR) is 131 cm³/mol. The zero-order valence-corrected chi connectivity index (χ0v) is 21.0. The first-order valence-electron chi connectivity index (χ1n) is 12.1. The predicted octanol–water partition coefficient (Wildman–Crippen LogP) is 6.14. The van der Waals surface area contributed by atoms with Crippen LogP contribution >= 0.6 is 11.3 Å². The smallest absolute Gasteiger partial charge is 0.373 e. The van der Waals surface area contributed by atoms with Crippen LogP contribution in [-0.4, -0.2) is 45.4 Å². The highest BCUT2D eigenvalue weighted by Gasteiger charge is 2.33. The molecule has 1 saturated heterocycles. The minimum atomic E-state index is -4.64. The summed E-state index contributed by atoms with van der Waals surface area (Å²) in [5, 5.41) is 5.12. The highest BCUT2D eigenvalue weighted by molar-refractivity contribution is 7.22. The van der Waals surface area contributed by atoms with Crippen molar-refractivity contribution in [2.75, 3.05) is 25.6 Å². The lowest BCUT2D eigenvalue weighted by molar-refractivity contribution is -0.137. The first-order chi connectivity index (χ1) is 17.7. The average molecular weight is 533 g/mol. The molecule has 3 aromatic heterocycles. The van der Waals surface area contributed by atoms with Crippen LogP contribution < -0.4 is 4.90 Å². The van der Waals surface area contributed by atoms with Gasteiger partial charge in [-0.2, -0.15) is 23.3 Å². The topological polar surface area (TPSA) is 69.0 Å². The average Bonchev–Trinajstić information content (AvgIpc) is 3.42. The summed E-state index contributed by atoms with van der Waals surface area (Å²) in [5.41, 5.74) is 0.593. The van der Waals surface area contributed by atoms with E-state index in [1.165, 1.54) is 11.3 Å². The molecule has 0 radical (unpaired) electrons. The molecule has 12 heteroatoms. The second kappa shape index (κ2) is 9.02. The van der Waals surface area contributed by atoms with Crippen LogP contribution in [0.1, 0.15) is 60.7 Å². The van der Waals surface area contributed by atoms with Crippen molar-refractivity contribution in [3.05, 3.63) is 53.4 Å². The normalized spacial score (nSPS) is 20.5. The van der Waals surface area contributed by atoms with Gasteiger partial charge < -0.3 is 9.64 Å². The molecule has 2 aliphatic rings. The number of hydrogen-bond acceptors (Lipinski definition) is 7. The zero-order valence-electron chi connectivity index (χ0n) is 20.2. The molecule has 4 heterocycles. The minimum Gasteiger partial charge on any atom is -0.373 e. The van der Waals surface area contributed by atoms with Gasteiger partial charge in [-0.05, 0) is 43.9 Å². The van der Waals surface area contributed by atoms with Gasteiger partial charge in [-0.25, -0.2) is 14.4 Å². The summed E-state index contributed by atoms with van der Waals surface area (Å²) in [6, 6.07) is 2.99. The van der Waals surface area contributed by atoms with Crippen molar-refractivity contribution >= 4 is 26.8 Å². The number of rotatable bonds is 5. The molecule has 37 heavy (non-hydrogen) atoms. The molecular formula is C25H24F4N6OS. The number of aromatic nitrogens is 5. The summed E-state index contributed by atoms with van der Waals surface area (Å²) >= 11 is 1.27. The molecule has 2 fully saturated rings. The Morgan fingerprint density at radius 3 is 2.62 bits per heavy atom. The second-order valence-corrected chi connectivity index (χ2v) is 10.7. The quantitative estimate of drug-likeness (QED) is 0.288. The molecule has 0 N–H and O–H groups in total. The van der Waals surface area contributed by atoms with Crippen molar-refractivity contribution in [3.63, 3.8) is 0 Å². The molecule has 0 spiro atoms. The number of nitrogens with zero attached hydrogens (tertiary/aromatic N) is 6. The number of halogens is 4. The summed E-state index contributed by atoms with van der Waals surface area (Å²) in [6.07, 6.45) is 2.59. The maximum absolute atomic E-state index is 15.1. The molecule has 0 amide bonds. The van der Waals surface area contributed by atoms with Crippen molar-refractivity contribution in [2.24, 2.45) is 0 Å². The van der Waals surface area contributed by atoms with Crippen LogP contribution in [0, 0.1) is 5.82 Å². The highest BCUT2D eigenvalue weighted by atomic mass is 32.1. The van der Waals surface area contributed by atoms with Crippen LogP contribution in [0.3, 0.4) is 0 Å². The lowest BCUT2D eigenvalue weighted by atomic mass is 9.92. The fourth-order valence-corrected chi connectivity index (χ4v) is 5.52. The van der Waals surface area contributed by atoms with Gasteiger partial charge in [-0.3, -0.25) is 4.68 Å². The number of thiazole rings is 1. The Labute approximate surface area is 214 Å². The van der Waals surface area contributed by atoms with Gasteiger partial charge in [0.05, 0.1) is 29.6 Å². The van der Waals surface area contributed by atoms with Gasteiger partial charge in [-0.1, -0.05) is 11.3 Å².